The number of aromatic hydroxyl groups is 1. The van der Waals surface area contributed by atoms with Crippen LogP contribution in [0.3, 0.4) is 0 Å². The highest BCUT2D eigenvalue weighted by molar-refractivity contribution is 6.67. The molecule has 0 fully saturated rings. The third-order valence-electron chi connectivity index (χ3n) is 3.90. The molecule has 0 radical (unpaired) electrons. The van der Waals surface area contributed by atoms with Crippen LogP contribution in [-0.2, 0) is 4.74 Å². The van der Waals surface area contributed by atoms with Gasteiger partial charge in [-0.25, -0.2) is 9.48 Å². The van der Waals surface area contributed by atoms with Crippen LogP contribution in [0.25, 0.3) is 16.9 Å². The topological polar surface area (TPSA) is 64.3 Å². The molecule has 0 atom stereocenters. The van der Waals surface area contributed by atoms with E-state index in [1.165, 1.54) is 0 Å². The molecule has 3 rings (SSSR count). The predicted octanol–water partition coefficient (Wildman–Crippen LogP) is 5.73. The van der Waals surface area contributed by atoms with Crippen molar-refractivity contribution in [3.05, 3.63) is 64.8 Å². The van der Waals surface area contributed by atoms with Crippen LogP contribution in [0.2, 0.25) is 5.02 Å². The average Bonchev–Trinajstić information content (AvgIpc) is 2.97. The lowest BCUT2D eigenvalue weighted by Crippen LogP contribution is -2.18. The fourth-order valence-electron chi connectivity index (χ4n) is 2.66. The molecule has 1 heterocycles. The standard InChI is InChI=1S/C19H14Cl4N2O3/c1-11-16(18(27)28-10-19(21,22)23)24-25(15-5-3-2-4-14(15)20)17(11)12-6-8-13(26)9-7-12/h2-9,26H,10H2,1H3. The number of alkyl halides is 3. The van der Waals surface area contributed by atoms with Gasteiger partial charge in [0.1, 0.15) is 12.4 Å². The van der Waals surface area contributed by atoms with E-state index < -0.39 is 16.4 Å². The second-order valence-electron chi connectivity index (χ2n) is 5.92. The molecule has 0 aliphatic rings. The molecule has 2 aromatic carbocycles. The average molecular weight is 460 g/mol. The Hall–Kier alpha value is -1.92. The number of para-hydroxylation sites is 1. The van der Waals surface area contributed by atoms with Crippen molar-refractivity contribution < 1.29 is 14.6 Å². The molecule has 0 unspecified atom stereocenters. The predicted molar refractivity (Wildman–Crippen MR) is 111 cm³/mol. The molecule has 0 amide bonds. The highest BCUT2D eigenvalue weighted by Gasteiger charge is 2.27. The number of carbonyl (C=O) groups is 1. The van der Waals surface area contributed by atoms with E-state index in [2.05, 4.69) is 5.10 Å². The fraction of sp³-hybridized carbons (Fsp3) is 0.158. The first-order valence-corrected chi connectivity index (χ1v) is 9.56. The van der Waals surface area contributed by atoms with Crippen molar-refractivity contribution in [1.29, 1.82) is 0 Å². The van der Waals surface area contributed by atoms with E-state index in [4.69, 9.17) is 51.1 Å². The van der Waals surface area contributed by atoms with E-state index in [0.717, 1.165) is 5.56 Å². The summed E-state index contributed by atoms with van der Waals surface area (Å²) in [5.74, 6) is -0.609. The minimum atomic E-state index is -1.73. The van der Waals surface area contributed by atoms with Crippen molar-refractivity contribution in [3.63, 3.8) is 0 Å². The van der Waals surface area contributed by atoms with Gasteiger partial charge in [0, 0.05) is 11.1 Å². The van der Waals surface area contributed by atoms with Gasteiger partial charge in [0.05, 0.1) is 16.4 Å². The number of benzene rings is 2. The second kappa shape index (κ2) is 8.21. The number of rotatable bonds is 4. The molecule has 9 heteroatoms. The molecule has 146 valence electrons. The first-order chi connectivity index (χ1) is 13.2. The van der Waals surface area contributed by atoms with Crippen molar-refractivity contribution in [1.82, 2.24) is 9.78 Å². The van der Waals surface area contributed by atoms with Crippen molar-refractivity contribution in [2.24, 2.45) is 0 Å². The largest absolute Gasteiger partial charge is 0.508 e. The molecule has 1 aromatic heterocycles. The summed E-state index contributed by atoms with van der Waals surface area (Å²) >= 11 is 23.3. The molecule has 0 aliphatic carbocycles. The van der Waals surface area contributed by atoms with Crippen molar-refractivity contribution >= 4 is 52.4 Å². The molecule has 0 bridgehead atoms. The van der Waals surface area contributed by atoms with Gasteiger partial charge in [0.25, 0.3) is 0 Å². The molecule has 5 nitrogen and oxygen atoms in total. The van der Waals surface area contributed by atoms with Crippen LogP contribution >= 0.6 is 46.4 Å². The highest BCUT2D eigenvalue weighted by atomic mass is 35.6. The zero-order valence-corrected chi connectivity index (χ0v) is 17.5. The van der Waals surface area contributed by atoms with E-state index in [1.807, 2.05) is 0 Å². The Kier molecular flexibility index (Phi) is 6.10. The second-order valence-corrected chi connectivity index (χ2v) is 8.85. The molecule has 0 aliphatic heterocycles. The number of carbonyl (C=O) groups excluding carboxylic acids is 1. The Bertz CT molecular complexity index is 1010. The Morgan fingerprint density at radius 1 is 1.14 bits per heavy atom. The summed E-state index contributed by atoms with van der Waals surface area (Å²) in [7, 11) is 0. The van der Waals surface area contributed by atoms with Gasteiger partial charge in [-0.3, -0.25) is 0 Å². The summed E-state index contributed by atoms with van der Waals surface area (Å²) in [6, 6.07) is 13.6. The molecule has 0 spiro atoms. The van der Waals surface area contributed by atoms with Gasteiger partial charge in [-0.05, 0) is 43.3 Å². The zero-order valence-electron chi connectivity index (χ0n) is 14.5. The maximum absolute atomic E-state index is 12.5. The fourth-order valence-corrected chi connectivity index (χ4v) is 3.04. The van der Waals surface area contributed by atoms with Crippen LogP contribution in [0.4, 0.5) is 0 Å². The number of phenolic OH excluding ortho intramolecular Hbond substituents is 1. The van der Waals surface area contributed by atoms with Gasteiger partial charge < -0.3 is 9.84 Å². The number of hydrogen-bond donors (Lipinski definition) is 1. The number of halogens is 4. The van der Waals surface area contributed by atoms with Crippen LogP contribution in [0, 0.1) is 6.92 Å². The van der Waals surface area contributed by atoms with Gasteiger partial charge in [-0.15, -0.1) is 0 Å². The summed E-state index contributed by atoms with van der Waals surface area (Å²) in [6.07, 6.45) is 0. The molecule has 28 heavy (non-hydrogen) atoms. The summed E-state index contributed by atoms with van der Waals surface area (Å²) in [6.45, 7) is 1.32. The normalized spacial score (nSPS) is 11.5. The molecular formula is C19H14Cl4N2O3. The number of esters is 1. The minimum Gasteiger partial charge on any atom is -0.508 e. The van der Waals surface area contributed by atoms with Crippen molar-refractivity contribution in [2.45, 2.75) is 10.7 Å². The molecule has 1 N–H and O–H groups in total. The van der Waals surface area contributed by atoms with Gasteiger partial charge >= 0.3 is 5.97 Å². The molecule has 0 saturated carbocycles. The van der Waals surface area contributed by atoms with Crippen LogP contribution in [0.1, 0.15) is 16.1 Å². The highest BCUT2D eigenvalue weighted by Crippen LogP contribution is 2.33. The summed E-state index contributed by atoms with van der Waals surface area (Å²) in [4.78, 5) is 12.5. The van der Waals surface area contributed by atoms with E-state index in [0.29, 0.717) is 22.0 Å². The van der Waals surface area contributed by atoms with Crippen LogP contribution < -0.4 is 0 Å². The van der Waals surface area contributed by atoms with Crippen molar-refractivity contribution in [3.8, 4) is 22.7 Å². The third kappa shape index (κ3) is 4.55. The van der Waals surface area contributed by atoms with Crippen LogP contribution in [0.15, 0.2) is 48.5 Å². The first-order valence-electron chi connectivity index (χ1n) is 8.05. The lowest BCUT2D eigenvalue weighted by molar-refractivity contribution is 0.0504. The van der Waals surface area contributed by atoms with Crippen molar-refractivity contribution in [2.75, 3.05) is 6.61 Å². The van der Waals surface area contributed by atoms with E-state index >= 15 is 0 Å². The first kappa shape index (κ1) is 20.8. The van der Waals surface area contributed by atoms with Crippen LogP contribution in [0.5, 0.6) is 5.75 Å². The molecule has 0 saturated heterocycles. The quantitative estimate of drug-likeness (QED) is 0.399. The smallest absolute Gasteiger partial charge is 0.359 e. The summed E-state index contributed by atoms with van der Waals surface area (Å²) in [5.41, 5.74) is 2.55. The maximum atomic E-state index is 12.5. The monoisotopic (exact) mass is 458 g/mol. The summed E-state index contributed by atoms with van der Waals surface area (Å²) < 4.78 is 4.90. The Morgan fingerprint density at radius 3 is 2.39 bits per heavy atom. The molecule has 3 aromatic rings. The zero-order chi connectivity index (χ0) is 20.5. The van der Waals surface area contributed by atoms with Gasteiger partial charge in [0.2, 0.25) is 3.79 Å². The third-order valence-corrected chi connectivity index (χ3v) is 4.55. The van der Waals surface area contributed by atoms with E-state index in [-0.39, 0.29) is 11.4 Å². The Balaban J connectivity index is 2.14. The lowest BCUT2D eigenvalue weighted by atomic mass is 10.1. The maximum Gasteiger partial charge on any atom is 0.359 e. The number of nitrogens with zero attached hydrogens (tertiary/aromatic N) is 2. The Morgan fingerprint density at radius 2 is 1.79 bits per heavy atom. The van der Waals surface area contributed by atoms with Gasteiger partial charge in [-0.2, -0.15) is 5.10 Å². The number of hydrogen-bond acceptors (Lipinski definition) is 4. The number of aromatic nitrogens is 2. The number of phenols is 1. The molecular weight excluding hydrogens is 446 g/mol. The van der Waals surface area contributed by atoms with Gasteiger partial charge in [0.15, 0.2) is 5.69 Å². The SMILES string of the molecule is Cc1c(C(=O)OCC(Cl)(Cl)Cl)nn(-c2ccccc2Cl)c1-c1ccc(O)cc1. The van der Waals surface area contributed by atoms with E-state index in [9.17, 15) is 9.90 Å². The van der Waals surface area contributed by atoms with Gasteiger partial charge in [-0.1, -0.05) is 58.5 Å². The minimum absolute atomic E-state index is 0.0669. The summed E-state index contributed by atoms with van der Waals surface area (Å²) in [5, 5.41) is 14.4. The Labute approximate surface area is 181 Å². The van der Waals surface area contributed by atoms with E-state index in [1.54, 1.807) is 60.1 Å². The lowest BCUT2D eigenvalue weighted by Gasteiger charge is -2.10. The number of ether oxygens (including phenoxy) is 1. The van der Waals surface area contributed by atoms with Crippen LogP contribution in [-0.4, -0.2) is 31.3 Å².